The topological polar surface area (TPSA) is 116 Å². The highest BCUT2D eigenvalue weighted by Gasteiger charge is 2.22. The minimum absolute atomic E-state index is 0.194. The number of pyridine rings is 1. The number of carbonyl (C=O) groups is 3. The summed E-state index contributed by atoms with van der Waals surface area (Å²) in [6, 6.07) is 20.8. The Bertz CT molecular complexity index is 1500. The lowest BCUT2D eigenvalue weighted by atomic mass is 10.0. The Morgan fingerprint density at radius 3 is 2.13 bits per heavy atom. The van der Waals surface area contributed by atoms with E-state index in [9.17, 15) is 14.4 Å². The van der Waals surface area contributed by atoms with Crippen LogP contribution in [0.3, 0.4) is 0 Å². The van der Waals surface area contributed by atoms with E-state index in [2.05, 4.69) is 10.6 Å². The summed E-state index contributed by atoms with van der Waals surface area (Å²) < 4.78 is 16.3. The van der Waals surface area contributed by atoms with Crippen molar-refractivity contribution in [2.45, 2.75) is 20.0 Å². The molecule has 194 valence electrons. The number of methoxy groups -OCH3 is 2. The van der Waals surface area contributed by atoms with E-state index >= 15 is 0 Å². The van der Waals surface area contributed by atoms with Crippen molar-refractivity contribution in [3.05, 3.63) is 78.4 Å². The summed E-state index contributed by atoms with van der Waals surface area (Å²) in [5.41, 5.74) is 3.23. The molecule has 3 aromatic carbocycles. The molecule has 0 aliphatic carbocycles. The molecular weight excluding hydrogens is 486 g/mol. The Hall–Kier alpha value is -4.92. The maximum absolute atomic E-state index is 13.3. The summed E-state index contributed by atoms with van der Waals surface area (Å²) >= 11 is 0. The number of esters is 1. The van der Waals surface area contributed by atoms with Crippen molar-refractivity contribution in [3.63, 3.8) is 0 Å². The van der Waals surface area contributed by atoms with E-state index in [1.807, 2.05) is 12.1 Å². The molecule has 4 aromatic rings. The molecule has 1 aromatic heterocycles. The molecular formula is C29H27N3O6. The molecule has 0 saturated carbocycles. The van der Waals surface area contributed by atoms with Crippen LogP contribution in [0, 0.1) is 0 Å². The Morgan fingerprint density at radius 1 is 0.816 bits per heavy atom. The lowest BCUT2D eigenvalue weighted by Crippen LogP contribution is -2.30. The zero-order chi connectivity index (χ0) is 27.2. The van der Waals surface area contributed by atoms with Crippen molar-refractivity contribution in [3.8, 4) is 22.8 Å². The SMILES string of the molecule is COc1ccc(-c2cc(C(=O)O[C@@H](C)C(=O)Nc3ccc(NC(C)=O)cc3)c3ccccc3n2)cc1OC. The number of amides is 2. The minimum atomic E-state index is -1.08. The number of benzene rings is 3. The number of carbonyl (C=O) groups excluding carboxylic acids is 3. The van der Waals surface area contributed by atoms with Crippen LogP contribution in [0.1, 0.15) is 24.2 Å². The van der Waals surface area contributed by atoms with E-state index in [1.54, 1.807) is 74.9 Å². The summed E-state index contributed by atoms with van der Waals surface area (Å²) in [6.07, 6.45) is -1.08. The second kappa shape index (κ2) is 11.4. The second-order valence-corrected chi connectivity index (χ2v) is 8.44. The number of hydrogen-bond acceptors (Lipinski definition) is 7. The fraction of sp³-hybridized carbons (Fsp3) is 0.172. The molecule has 0 saturated heterocycles. The minimum Gasteiger partial charge on any atom is -0.493 e. The van der Waals surface area contributed by atoms with Gasteiger partial charge in [0.15, 0.2) is 17.6 Å². The normalized spacial score (nSPS) is 11.4. The highest BCUT2D eigenvalue weighted by molar-refractivity contribution is 6.06. The third kappa shape index (κ3) is 5.89. The predicted molar refractivity (Wildman–Crippen MR) is 145 cm³/mol. The fourth-order valence-corrected chi connectivity index (χ4v) is 3.85. The molecule has 9 nitrogen and oxygen atoms in total. The molecule has 9 heteroatoms. The van der Waals surface area contributed by atoms with Crippen LogP contribution in [-0.4, -0.2) is 43.1 Å². The number of fused-ring (bicyclic) bond motifs is 1. The van der Waals surface area contributed by atoms with E-state index in [-0.39, 0.29) is 11.5 Å². The third-order valence-corrected chi connectivity index (χ3v) is 5.74. The van der Waals surface area contributed by atoms with Crippen LogP contribution in [0.25, 0.3) is 22.2 Å². The summed E-state index contributed by atoms with van der Waals surface area (Å²) in [6.45, 7) is 2.91. The lowest BCUT2D eigenvalue weighted by Gasteiger charge is -2.16. The van der Waals surface area contributed by atoms with Gasteiger partial charge in [0.2, 0.25) is 5.91 Å². The molecule has 2 N–H and O–H groups in total. The van der Waals surface area contributed by atoms with Crippen LogP contribution in [0.4, 0.5) is 11.4 Å². The van der Waals surface area contributed by atoms with Crippen molar-refractivity contribution < 1.29 is 28.6 Å². The van der Waals surface area contributed by atoms with E-state index in [1.165, 1.54) is 13.8 Å². The Balaban J connectivity index is 1.56. The van der Waals surface area contributed by atoms with Crippen molar-refractivity contribution >= 4 is 40.1 Å². The number of nitrogens with one attached hydrogen (secondary N) is 2. The number of anilines is 2. The zero-order valence-corrected chi connectivity index (χ0v) is 21.4. The van der Waals surface area contributed by atoms with Crippen LogP contribution < -0.4 is 20.1 Å². The van der Waals surface area contributed by atoms with Crippen LogP contribution in [0.5, 0.6) is 11.5 Å². The van der Waals surface area contributed by atoms with Gasteiger partial charge in [-0.3, -0.25) is 9.59 Å². The van der Waals surface area contributed by atoms with Gasteiger partial charge in [-0.05, 0) is 61.5 Å². The molecule has 1 atom stereocenters. The van der Waals surface area contributed by atoms with Gasteiger partial charge in [-0.1, -0.05) is 18.2 Å². The Labute approximate surface area is 219 Å². The molecule has 0 aliphatic rings. The van der Waals surface area contributed by atoms with Gasteiger partial charge in [0.05, 0.1) is 31.0 Å². The Kier molecular flexibility index (Phi) is 7.86. The van der Waals surface area contributed by atoms with Gasteiger partial charge in [-0.25, -0.2) is 9.78 Å². The van der Waals surface area contributed by atoms with Gasteiger partial charge < -0.3 is 24.8 Å². The summed E-state index contributed by atoms with van der Waals surface area (Å²) in [5.74, 6) is -0.251. The van der Waals surface area contributed by atoms with E-state index < -0.39 is 18.0 Å². The van der Waals surface area contributed by atoms with Crippen LogP contribution in [0.15, 0.2) is 72.8 Å². The number of para-hydroxylation sites is 1. The van der Waals surface area contributed by atoms with Crippen molar-refractivity contribution in [2.24, 2.45) is 0 Å². The Morgan fingerprint density at radius 2 is 1.47 bits per heavy atom. The highest BCUT2D eigenvalue weighted by atomic mass is 16.5. The third-order valence-electron chi connectivity index (χ3n) is 5.74. The largest absolute Gasteiger partial charge is 0.493 e. The summed E-state index contributed by atoms with van der Waals surface area (Å²) in [5, 5.41) is 5.97. The molecule has 0 fully saturated rings. The molecule has 2 amide bonds. The fourth-order valence-electron chi connectivity index (χ4n) is 3.85. The van der Waals surface area contributed by atoms with Crippen molar-refractivity contribution in [2.75, 3.05) is 24.9 Å². The predicted octanol–water partition coefficient (Wildman–Crippen LogP) is 5.06. The van der Waals surface area contributed by atoms with Crippen LogP contribution in [-0.2, 0) is 14.3 Å². The number of hydrogen-bond donors (Lipinski definition) is 2. The van der Waals surface area contributed by atoms with E-state index in [0.29, 0.717) is 39.5 Å². The number of rotatable bonds is 8. The molecule has 0 radical (unpaired) electrons. The van der Waals surface area contributed by atoms with Gasteiger partial charge in [-0.2, -0.15) is 0 Å². The van der Waals surface area contributed by atoms with Crippen molar-refractivity contribution in [1.82, 2.24) is 4.98 Å². The molecule has 38 heavy (non-hydrogen) atoms. The van der Waals surface area contributed by atoms with Gasteiger partial charge in [0, 0.05) is 29.2 Å². The monoisotopic (exact) mass is 513 g/mol. The molecule has 0 unspecified atom stereocenters. The van der Waals surface area contributed by atoms with Crippen molar-refractivity contribution in [1.29, 1.82) is 0 Å². The lowest BCUT2D eigenvalue weighted by molar-refractivity contribution is -0.123. The molecule has 0 bridgehead atoms. The molecule has 0 aliphatic heterocycles. The van der Waals surface area contributed by atoms with Gasteiger partial charge in [-0.15, -0.1) is 0 Å². The summed E-state index contributed by atoms with van der Waals surface area (Å²) in [7, 11) is 3.10. The standard InChI is InChI=1S/C29H27N3O6/c1-17(28(34)31-21-12-10-20(11-13-21)30-18(2)33)38-29(35)23-16-25(32-24-8-6-5-7-22(23)24)19-9-14-26(36-3)27(15-19)37-4/h5-17H,1-4H3,(H,30,33)(H,31,34)/t17-/m0/s1. The van der Waals surface area contributed by atoms with Crippen LogP contribution >= 0.6 is 0 Å². The van der Waals surface area contributed by atoms with Gasteiger partial charge >= 0.3 is 5.97 Å². The highest BCUT2D eigenvalue weighted by Crippen LogP contribution is 2.33. The van der Waals surface area contributed by atoms with Gasteiger partial charge in [0.1, 0.15) is 0 Å². The first kappa shape index (κ1) is 26.2. The van der Waals surface area contributed by atoms with Crippen LogP contribution in [0.2, 0.25) is 0 Å². The van der Waals surface area contributed by atoms with Gasteiger partial charge in [0.25, 0.3) is 5.91 Å². The molecule has 0 spiro atoms. The maximum Gasteiger partial charge on any atom is 0.339 e. The average molecular weight is 514 g/mol. The smallest absolute Gasteiger partial charge is 0.339 e. The summed E-state index contributed by atoms with van der Waals surface area (Å²) in [4.78, 5) is 41.9. The molecule has 1 heterocycles. The maximum atomic E-state index is 13.3. The first-order valence-corrected chi connectivity index (χ1v) is 11.8. The zero-order valence-electron chi connectivity index (χ0n) is 21.4. The average Bonchev–Trinajstić information content (AvgIpc) is 2.92. The first-order valence-electron chi connectivity index (χ1n) is 11.8. The first-order chi connectivity index (χ1) is 18.3. The number of ether oxygens (including phenoxy) is 3. The second-order valence-electron chi connectivity index (χ2n) is 8.44. The number of nitrogens with zero attached hydrogens (tertiary/aromatic N) is 1. The molecule has 4 rings (SSSR count). The van der Waals surface area contributed by atoms with E-state index in [4.69, 9.17) is 19.2 Å². The van der Waals surface area contributed by atoms with E-state index in [0.717, 1.165) is 5.56 Å². The number of aromatic nitrogens is 1. The quantitative estimate of drug-likeness (QED) is 0.316.